The quantitative estimate of drug-likeness (QED) is 0.375. The van der Waals surface area contributed by atoms with E-state index in [-0.39, 0.29) is 25.6 Å². The van der Waals surface area contributed by atoms with Crippen molar-refractivity contribution in [3.63, 3.8) is 0 Å². The molecule has 0 aliphatic rings. The standard InChI is InChI=1S/C9H19NO4/c1-9(2,3)14-8(12)4-5-13-6-7(10)11/h7,11H,4-6,10H2,1-3H3. The number of aliphatic hydroxyl groups is 1. The van der Waals surface area contributed by atoms with Gasteiger partial charge in [0.2, 0.25) is 0 Å². The molecule has 5 nitrogen and oxygen atoms in total. The summed E-state index contributed by atoms with van der Waals surface area (Å²) in [5, 5.41) is 8.64. The number of hydrogen-bond acceptors (Lipinski definition) is 5. The number of hydrogen-bond donors (Lipinski definition) is 2. The molecule has 0 heterocycles. The van der Waals surface area contributed by atoms with Crippen LogP contribution in [0.1, 0.15) is 27.2 Å². The van der Waals surface area contributed by atoms with E-state index in [4.69, 9.17) is 20.3 Å². The zero-order chi connectivity index (χ0) is 11.2. The lowest BCUT2D eigenvalue weighted by atomic mass is 10.2. The Morgan fingerprint density at radius 1 is 1.50 bits per heavy atom. The van der Waals surface area contributed by atoms with Gasteiger partial charge in [-0.2, -0.15) is 0 Å². The van der Waals surface area contributed by atoms with Crippen LogP contribution in [0.25, 0.3) is 0 Å². The van der Waals surface area contributed by atoms with Gasteiger partial charge in [-0.3, -0.25) is 4.79 Å². The molecular formula is C9H19NO4. The Morgan fingerprint density at radius 3 is 2.50 bits per heavy atom. The van der Waals surface area contributed by atoms with Gasteiger partial charge in [-0.25, -0.2) is 0 Å². The zero-order valence-electron chi connectivity index (χ0n) is 8.95. The van der Waals surface area contributed by atoms with Crippen molar-refractivity contribution in [1.82, 2.24) is 0 Å². The highest BCUT2D eigenvalue weighted by Gasteiger charge is 2.15. The highest BCUT2D eigenvalue weighted by Crippen LogP contribution is 2.07. The minimum atomic E-state index is -0.992. The molecule has 0 aliphatic heterocycles. The van der Waals surface area contributed by atoms with Crippen molar-refractivity contribution in [2.75, 3.05) is 13.2 Å². The molecule has 14 heavy (non-hydrogen) atoms. The van der Waals surface area contributed by atoms with Crippen LogP contribution in [-0.4, -0.2) is 36.1 Å². The lowest BCUT2D eigenvalue weighted by Crippen LogP contribution is -2.27. The molecule has 0 radical (unpaired) electrons. The highest BCUT2D eigenvalue weighted by molar-refractivity contribution is 5.69. The summed E-state index contributed by atoms with van der Waals surface area (Å²) in [6.07, 6.45) is -0.821. The van der Waals surface area contributed by atoms with Crippen molar-refractivity contribution in [2.45, 2.75) is 39.0 Å². The SMILES string of the molecule is CC(C)(C)OC(=O)CCOCC(N)O. The molecule has 5 heteroatoms. The molecule has 1 atom stereocenters. The van der Waals surface area contributed by atoms with E-state index in [9.17, 15) is 4.79 Å². The molecule has 1 unspecified atom stereocenters. The van der Waals surface area contributed by atoms with Gasteiger partial charge in [0, 0.05) is 0 Å². The molecule has 0 spiro atoms. The van der Waals surface area contributed by atoms with Gasteiger partial charge < -0.3 is 20.3 Å². The summed E-state index contributed by atoms with van der Waals surface area (Å²) in [6, 6.07) is 0. The monoisotopic (exact) mass is 205 g/mol. The number of nitrogens with two attached hydrogens (primary N) is 1. The molecule has 0 bridgehead atoms. The van der Waals surface area contributed by atoms with Crippen LogP contribution in [0.2, 0.25) is 0 Å². The third kappa shape index (κ3) is 9.44. The van der Waals surface area contributed by atoms with Gasteiger partial charge in [0.05, 0.1) is 19.6 Å². The van der Waals surface area contributed by atoms with Gasteiger partial charge in [0.25, 0.3) is 0 Å². The van der Waals surface area contributed by atoms with Gasteiger partial charge in [-0.15, -0.1) is 0 Å². The summed E-state index contributed by atoms with van der Waals surface area (Å²) in [6.45, 7) is 5.64. The first kappa shape index (κ1) is 13.4. The van der Waals surface area contributed by atoms with E-state index < -0.39 is 11.8 Å². The Labute approximate surface area is 84.2 Å². The summed E-state index contributed by atoms with van der Waals surface area (Å²) in [7, 11) is 0. The van der Waals surface area contributed by atoms with Crippen molar-refractivity contribution in [2.24, 2.45) is 5.73 Å². The highest BCUT2D eigenvalue weighted by atomic mass is 16.6. The number of ether oxygens (including phenoxy) is 2. The molecule has 0 aliphatic carbocycles. The molecule has 3 N–H and O–H groups in total. The van der Waals surface area contributed by atoms with E-state index in [0.717, 1.165) is 0 Å². The van der Waals surface area contributed by atoms with Crippen LogP contribution >= 0.6 is 0 Å². The number of rotatable bonds is 5. The minimum absolute atomic E-state index is 0.0306. The van der Waals surface area contributed by atoms with Crippen molar-refractivity contribution in [1.29, 1.82) is 0 Å². The maximum atomic E-state index is 11.1. The molecule has 0 aromatic carbocycles. The Bertz CT molecular complexity index is 174. The summed E-state index contributed by atoms with van der Waals surface area (Å²) < 4.78 is 9.94. The fourth-order valence-electron chi connectivity index (χ4n) is 0.752. The average molecular weight is 205 g/mol. The second-order valence-electron chi connectivity index (χ2n) is 3.98. The van der Waals surface area contributed by atoms with E-state index in [1.807, 2.05) is 0 Å². The number of carbonyl (C=O) groups excluding carboxylic acids is 1. The summed E-state index contributed by atoms with van der Waals surface area (Å²) in [5.74, 6) is -0.316. The van der Waals surface area contributed by atoms with E-state index >= 15 is 0 Å². The maximum Gasteiger partial charge on any atom is 0.308 e. The van der Waals surface area contributed by atoms with Crippen LogP contribution in [0.5, 0.6) is 0 Å². The Morgan fingerprint density at radius 2 is 2.07 bits per heavy atom. The molecule has 0 saturated carbocycles. The van der Waals surface area contributed by atoms with Gasteiger partial charge in [0.15, 0.2) is 0 Å². The topological polar surface area (TPSA) is 81.8 Å². The first-order valence-electron chi connectivity index (χ1n) is 4.54. The van der Waals surface area contributed by atoms with Crippen molar-refractivity contribution in [3.8, 4) is 0 Å². The van der Waals surface area contributed by atoms with Gasteiger partial charge in [0.1, 0.15) is 11.8 Å². The molecule has 0 aromatic heterocycles. The minimum Gasteiger partial charge on any atom is -0.460 e. The number of aliphatic hydroxyl groups excluding tert-OH is 1. The van der Waals surface area contributed by atoms with Crippen molar-refractivity contribution in [3.05, 3.63) is 0 Å². The third-order valence-electron chi connectivity index (χ3n) is 1.16. The largest absolute Gasteiger partial charge is 0.460 e. The Balaban J connectivity index is 3.46. The van der Waals surface area contributed by atoms with Gasteiger partial charge in [-0.05, 0) is 20.8 Å². The summed E-state index contributed by atoms with van der Waals surface area (Å²) in [5.41, 5.74) is 4.56. The van der Waals surface area contributed by atoms with Gasteiger partial charge >= 0.3 is 5.97 Å². The fourth-order valence-corrected chi connectivity index (χ4v) is 0.752. The molecule has 0 saturated heterocycles. The van der Waals surface area contributed by atoms with Crippen molar-refractivity contribution >= 4 is 5.97 Å². The van der Waals surface area contributed by atoms with Crippen LogP contribution in [-0.2, 0) is 14.3 Å². The second-order valence-corrected chi connectivity index (χ2v) is 3.98. The molecule has 0 aromatic rings. The summed E-state index contributed by atoms with van der Waals surface area (Å²) in [4.78, 5) is 11.1. The predicted octanol–water partition coefficient (Wildman–Crippen LogP) is 0.0119. The molecule has 0 amide bonds. The normalized spacial score (nSPS) is 13.8. The second kappa shape index (κ2) is 5.95. The number of carbonyl (C=O) groups is 1. The van der Waals surface area contributed by atoms with Crippen LogP contribution in [0, 0.1) is 0 Å². The average Bonchev–Trinajstić information content (AvgIpc) is 1.94. The summed E-state index contributed by atoms with van der Waals surface area (Å²) >= 11 is 0. The zero-order valence-corrected chi connectivity index (χ0v) is 8.95. The smallest absolute Gasteiger partial charge is 0.308 e. The Hall–Kier alpha value is -0.650. The number of esters is 1. The van der Waals surface area contributed by atoms with E-state index in [0.29, 0.717) is 0 Å². The molecular weight excluding hydrogens is 186 g/mol. The van der Waals surface area contributed by atoms with Gasteiger partial charge in [-0.1, -0.05) is 0 Å². The van der Waals surface area contributed by atoms with Crippen LogP contribution < -0.4 is 5.73 Å². The first-order chi connectivity index (χ1) is 6.31. The van der Waals surface area contributed by atoms with Crippen LogP contribution in [0.3, 0.4) is 0 Å². The fraction of sp³-hybridized carbons (Fsp3) is 0.889. The third-order valence-corrected chi connectivity index (χ3v) is 1.16. The molecule has 0 fully saturated rings. The maximum absolute atomic E-state index is 11.1. The van der Waals surface area contributed by atoms with Crippen LogP contribution in [0.15, 0.2) is 0 Å². The first-order valence-corrected chi connectivity index (χ1v) is 4.54. The Kier molecular flexibility index (Phi) is 5.68. The predicted molar refractivity (Wildman–Crippen MR) is 51.5 cm³/mol. The molecule has 0 rings (SSSR count). The lowest BCUT2D eigenvalue weighted by molar-refractivity contribution is -0.156. The van der Waals surface area contributed by atoms with E-state index in [1.54, 1.807) is 20.8 Å². The lowest BCUT2D eigenvalue weighted by Gasteiger charge is -2.19. The van der Waals surface area contributed by atoms with Crippen molar-refractivity contribution < 1.29 is 19.4 Å². The van der Waals surface area contributed by atoms with E-state index in [1.165, 1.54) is 0 Å². The van der Waals surface area contributed by atoms with E-state index in [2.05, 4.69) is 0 Å². The van der Waals surface area contributed by atoms with Crippen LogP contribution in [0.4, 0.5) is 0 Å². The molecule has 84 valence electrons.